The summed E-state index contributed by atoms with van der Waals surface area (Å²) in [7, 11) is 0. The molecule has 4 nitrogen and oxygen atoms in total. The van der Waals surface area contributed by atoms with Gasteiger partial charge in [-0.3, -0.25) is 4.79 Å². The Balaban J connectivity index is 1.66. The number of aliphatic hydroxyl groups is 1. The largest absolute Gasteiger partial charge is 0.381 e. The highest BCUT2D eigenvalue weighted by Gasteiger charge is 2.25. The molecule has 0 spiro atoms. The van der Waals surface area contributed by atoms with E-state index in [2.05, 4.69) is 34.6 Å². The zero-order valence-corrected chi connectivity index (χ0v) is 14.3. The first-order valence-corrected chi connectivity index (χ1v) is 8.78. The number of aryl methyl sites for hydroxylation is 1. The van der Waals surface area contributed by atoms with E-state index < -0.39 is 5.60 Å². The van der Waals surface area contributed by atoms with E-state index in [0.717, 1.165) is 24.3 Å². The fraction of sp³-hybridized carbons (Fsp3) is 0.444. The van der Waals surface area contributed by atoms with Crippen molar-refractivity contribution < 1.29 is 9.90 Å². The van der Waals surface area contributed by atoms with Gasteiger partial charge < -0.3 is 10.4 Å². The second-order valence-corrected chi connectivity index (χ2v) is 7.74. The Kier molecular flexibility index (Phi) is 4.50. The summed E-state index contributed by atoms with van der Waals surface area (Å²) in [6.07, 6.45) is 3.14. The van der Waals surface area contributed by atoms with Gasteiger partial charge in [0, 0.05) is 4.88 Å². The number of hydrogen-bond acceptors (Lipinski definition) is 4. The van der Waals surface area contributed by atoms with E-state index >= 15 is 0 Å². The van der Waals surface area contributed by atoms with E-state index in [1.807, 2.05) is 6.07 Å². The molecule has 23 heavy (non-hydrogen) atoms. The quantitative estimate of drug-likeness (QED) is 0.906. The van der Waals surface area contributed by atoms with Gasteiger partial charge in [0.15, 0.2) is 0 Å². The zero-order valence-electron chi connectivity index (χ0n) is 13.5. The van der Waals surface area contributed by atoms with E-state index in [-0.39, 0.29) is 5.91 Å². The minimum absolute atomic E-state index is 0.368. The first kappa shape index (κ1) is 16.1. The molecule has 5 heteroatoms. The van der Waals surface area contributed by atoms with Crippen molar-refractivity contribution in [3.05, 3.63) is 51.5 Å². The standard InChI is InChI=1S/C18H22N2O2S/c1-18(2,22)17(21)19-11-16-20-14-9-8-13(10-15(14)23-16)12-6-4-3-5-7-12/h3-7,13,22H,8-11H2,1-2H3,(H,19,21)/t13-/m0/s1. The van der Waals surface area contributed by atoms with E-state index in [4.69, 9.17) is 0 Å². The van der Waals surface area contributed by atoms with Crippen LogP contribution in [0, 0.1) is 0 Å². The highest BCUT2D eigenvalue weighted by atomic mass is 32.1. The van der Waals surface area contributed by atoms with Gasteiger partial charge in [-0.05, 0) is 44.6 Å². The zero-order chi connectivity index (χ0) is 16.4. The van der Waals surface area contributed by atoms with Crippen molar-refractivity contribution in [1.82, 2.24) is 10.3 Å². The van der Waals surface area contributed by atoms with Gasteiger partial charge in [-0.2, -0.15) is 0 Å². The first-order chi connectivity index (χ1) is 10.9. The van der Waals surface area contributed by atoms with Crippen molar-refractivity contribution in [2.24, 2.45) is 0 Å². The predicted octanol–water partition coefficient (Wildman–Crippen LogP) is 2.80. The van der Waals surface area contributed by atoms with E-state index in [1.54, 1.807) is 11.3 Å². The first-order valence-electron chi connectivity index (χ1n) is 7.96. The number of benzene rings is 1. The maximum Gasteiger partial charge on any atom is 0.251 e. The molecule has 1 aliphatic carbocycles. The number of carbonyl (C=O) groups is 1. The second kappa shape index (κ2) is 6.42. The topological polar surface area (TPSA) is 62.2 Å². The average Bonchev–Trinajstić information content (AvgIpc) is 2.94. The van der Waals surface area contributed by atoms with Crippen molar-refractivity contribution in [1.29, 1.82) is 0 Å². The van der Waals surface area contributed by atoms with Crippen LogP contribution in [0.1, 0.15) is 47.3 Å². The van der Waals surface area contributed by atoms with Crippen LogP contribution in [0.25, 0.3) is 0 Å². The normalized spacial score (nSPS) is 17.6. The summed E-state index contributed by atoms with van der Waals surface area (Å²) < 4.78 is 0. The summed E-state index contributed by atoms with van der Waals surface area (Å²) >= 11 is 1.68. The molecule has 1 aromatic heterocycles. The number of nitrogens with one attached hydrogen (secondary N) is 1. The van der Waals surface area contributed by atoms with Crippen LogP contribution >= 0.6 is 11.3 Å². The number of hydrogen-bond donors (Lipinski definition) is 2. The Labute approximate surface area is 140 Å². The van der Waals surface area contributed by atoms with Gasteiger partial charge in [0.1, 0.15) is 10.6 Å². The molecule has 0 radical (unpaired) electrons. The Bertz CT molecular complexity index is 689. The third kappa shape index (κ3) is 3.79. The monoisotopic (exact) mass is 330 g/mol. The summed E-state index contributed by atoms with van der Waals surface area (Å²) in [5.74, 6) is 0.191. The molecular formula is C18H22N2O2S. The van der Waals surface area contributed by atoms with Gasteiger partial charge in [0.25, 0.3) is 5.91 Å². The molecule has 1 atom stereocenters. The Morgan fingerprint density at radius 2 is 2.13 bits per heavy atom. The van der Waals surface area contributed by atoms with Gasteiger partial charge >= 0.3 is 0 Å². The van der Waals surface area contributed by atoms with Gasteiger partial charge in [-0.15, -0.1) is 11.3 Å². The number of fused-ring (bicyclic) bond motifs is 1. The van der Waals surface area contributed by atoms with Crippen molar-refractivity contribution in [3.8, 4) is 0 Å². The molecule has 0 bridgehead atoms. The molecule has 1 aromatic carbocycles. The summed E-state index contributed by atoms with van der Waals surface area (Å²) in [5, 5.41) is 13.3. The van der Waals surface area contributed by atoms with E-state index in [0.29, 0.717) is 12.5 Å². The van der Waals surface area contributed by atoms with Crippen LogP contribution in [0.4, 0.5) is 0 Å². The van der Waals surface area contributed by atoms with Crippen LogP contribution < -0.4 is 5.32 Å². The predicted molar refractivity (Wildman–Crippen MR) is 91.5 cm³/mol. The number of rotatable bonds is 4. The van der Waals surface area contributed by atoms with Crippen molar-refractivity contribution in [2.75, 3.05) is 0 Å². The van der Waals surface area contributed by atoms with E-state index in [9.17, 15) is 9.90 Å². The number of aromatic nitrogens is 1. The molecule has 0 saturated carbocycles. The van der Waals surface area contributed by atoms with Crippen LogP contribution in [0.3, 0.4) is 0 Å². The van der Waals surface area contributed by atoms with Gasteiger partial charge in [-0.25, -0.2) is 4.98 Å². The lowest BCUT2D eigenvalue weighted by molar-refractivity contribution is -0.136. The number of thiazole rings is 1. The Morgan fingerprint density at radius 1 is 1.39 bits per heavy atom. The second-order valence-electron chi connectivity index (χ2n) is 6.57. The third-order valence-corrected chi connectivity index (χ3v) is 5.33. The number of amides is 1. The maximum atomic E-state index is 11.7. The highest BCUT2D eigenvalue weighted by molar-refractivity contribution is 7.11. The van der Waals surface area contributed by atoms with Crippen molar-refractivity contribution in [3.63, 3.8) is 0 Å². The average molecular weight is 330 g/mol. The van der Waals surface area contributed by atoms with Gasteiger partial charge in [0.2, 0.25) is 0 Å². The minimum atomic E-state index is -1.35. The summed E-state index contributed by atoms with van der Waals surface area (Å²) in [6.45, 7) is 3.36. The lowest BCUT2D eigenvalue weighted by Gasteiger charge is -2.21. The molecule has 3 rings (SSSR count). The molecule has 0 saturated heterocycles. The third-order valence-electron chi connectivity index (χ3n) is 4.21. The van der Waals surface area contributed by atoms with Crippen molar-refractivity contribution >= 4 is 17.2 Å². The lowest BCUT2D eigenvalue weighted by atomic mass is 9.85. The Hall–Kier alpha value is -1.72. The van der Waals surface area contributed by atoms with Crippen molar-refractivity contribution in [2.45, 2.75) is 51.2 Å². The fourth-order valence-electron chi connectivity index (χ4n) is 2.89. The molecule has 1 heterocycles. The fourth-order valence-corrected chi connectivity index (χ4v) is 4.02. The summed E-state index contributed by atoms with van der Waals surface area (Å²) in [5.41, 5.74) is 1.22. The molecular weight excluding hydrogens is 308 g/mol. The van der Waals surface area contributed by atoms with Crippen LogP contribution in [-0.4, -0.2) is 21.6 Å². The summed E-state index contributed by atoms with van der Waals surface area (Å²) in [6, 6.07) is 10.6. The minimum Gasteiger partial charge on any atom is -0.381 e. The molecule has 1 amide bonds. The molecule has 0 unspecified atom stereocenters. The molecule has 1 aliphatic rings. The van der Waals surface area contributed by atoms with Crippen LogP contribution in [0.5, 0.6) is 0 Å². The number of nitrogens with zero attached hydrogens (tertiary/aromatic N) is 1. The lowest BCUT2D eigenvalue weighted by Crippen LogP contribution is -2.41. The maximum absolute atomic E-state index is 11.7. The van der Waals surface area contributed by atoms with Crippen LogP contribution in [0.2, 0.25) is 0 Å². The van der Waals surface area contributed by atoms with E-state index in [1.165, 1.54) is 30.0 Å². The Morgan fingerprint density at radius 3 is 2.83 bits per heavy atom. The van der Waals surface area contributed by atoms with Crippen LogP contribution in [0.15, 0.2) is 30.3 Å². The SMILES string of the molecule is CC(C)(O)C(=O)NCc1nc2c(s1)C[C@@H](c1ccccc1)CC2. The smallest absolute Gasteiger partial charge is 0.251 e. The molecule has 122 valence electrons. The molecule has 2 N–H and O–H groups in total. The molecule has 2 aromatic rings. The van der Waals surface area contributed by atoms with Gasteiger partial charge in [0.05, 0.1) is 12.2 Å². The molecule has 0 aliphatic heterocycles. The summed E-state index contributed by atoms with van der Waals surface area (Å²) in [4.78, 5) is 17.7. The highest BCUT2D eigenvalue weighted by Crippen LogP contribution is 2.35. The molecule has 0 fully saturated rings. The van der Waals surface area contributed by atoms with Crippen LogP contribution in [-0.2, 0) is 24.2 Å². The van der Waals surface area contributed by atoms with Gasteiger partial charge in [-0.1, -0.05) is 30.3 Å². The number of carbonyl (C=O) groups excluding carboxylic acids is 1.